The molecular weight excluding hydrogens is 232 g/mol. The van der Waals surface area contributed by atoms with Crippen LogP contribution in [-0.2, 0) is 4.74 Å². The summed E-state index contributed by atoms with van der Waals surface area (Å²) < 4.78 is 4.59. The van der Waals surface area contributed by atoms with Gasteiger partial charge in [0, 0.05) is 25.7 Å². The average molecular weight is 250 g/mol. The van der Waals surface area contributed by atoms with E-state index in [1.165, 1.54) is 13.3 Å². The molecule has 6 heteroatoms. The predicted molar refractivity (Wildman–Crippen MR) is 67.7 cm³/mol. The third-order valence-electron chi connectivity index (χ3n) is 3.32. The molecule has 2 heterocycles. The Morgan fingerprint density at radius 2 is 2.17 bits per heavy atom. The van der Waals surface area contributed by atoms with E-state index < -0.39 is 5.97 Å². The molecule has 2 rings (SSSR count). The van der Waals surface area contributed by atoms with E-state index in [-0.39, 0.29) is 5.69 Å². The fourth-order valence-electron chi connectivity index (χ4n) is 1.95. The Morgan fingerprint density at radius 1 is 1.39 bits per heavy atom. The number of hydrogen-bond acceptors (Lipinski definition) is 6. The minimum atomic E-state index is -0.458. The second-order valence-electron chi connectivity index (χ2n) is 4.53. The third-order valence-corrected chi connectivity index (χ3v) is 3.32. The molecule has 1 aromatic rings. The van der Waals surface area contributed by atoms with Crippen molar-refractivity contribution in [3.8, 4) is 0 Å². The zero-order valence-electron chi connectivity index (χ0n) is 11.0. The van der Waals surface area contributed by atoms with Crippen molar-refractivity contribution >= 4 is 11.8 Å². The maximum Gasteiger partial charge on any atom is 0.358 e. The first-order valence-corrected chi connectivity index (χ1v) is 5.97. The van der Waals surface area contributed by atoms with E-state index in [2.05, 4.69) is 38.5 Å². The summed E-state index contributed by atoms with van der Waals surface area (Å²) >= 11 is 0. The Balaban J connectivity index is 2.08. The fraction of sp³-hybridized carbons (Fsp3) is 0.583. The van der Waals surface area contributed by atoms with Crippen LogP contribution < -0.4 is 4.90 Å². The number of esters is 1. The van der Waals surface area contributed by atoms with Crippen LogP contribution in [0.4, 0.5) is 5.82 Å². The van der Waals surface area contributed by atoms with Crippen molar-refractivity contribution in [1.82, 2.24) is 14.9 Å². The van der Waals surface area contributed by atoms with Gasteiger partial charge in [-0.1, -0.05) is 0 Å². The first-order valence-electron chi connectivity index (χ1n) is 5.97. The van der Waals surface area contributed by atoms with Crippen molar-refractivity contribution in [2.24, 2.45) is 0 Å². The molecule has 0 aliphatic carbocycles. The summed E-state index contributed by atoms with van der Waals surface area (Å²) in [7, 11) is 3.45. The molecule has 1 aliphatic heterocycles. The summed E-state index contributed by atoms with van der Waals surface area (Å²) in [4.78, 5) is 24.1. The van der Waals surface area contributed by atoms with E-state index in [1.807, 2.05) is 0 Å². The Hall–Kier alpha value is -1.69. The zero-order valence-corrected chi connectivity index (χ0v) is 11.0. The van der Waals surface area contributed by atoms with E-state index in [0.717, 1.165) is 25.5 Å². The Kier molecular flexibility index (Phi) is 3.76. The van der Waals surface area contributed by atoms with Crippen molar-refractivity contribution in [2.45, 2.75) is 13.0 Å². The molecule has 0 spiro atoms. The number of rotatable bonds is 2. The molecule has 0 aromatic carbocycles. The van der Waals surface area contributed by atoms with Crippen LogP contribution in [0.5, 0.6) is 0 Å². The third kappa shape index (κ3) is 2.59. The fourth-order valence-corrected chi connectivity index (χ4v) is 1.95. The monoisotopic (exact) mass is 250 g/mol. The maximum atomic E-state index is 11.3. The second kappa shape index (κ2) is 5.30. The van der Waals surface area contributed by atoms with Crippen LogP contribution in [0.15, 0.2) is 12.4 Å². The quantitative estimate of drug-likeness (QED) is 0.708. The van der Waals surface area contributed by atoms with Crippen LogP contribution in [0.3, 0.4) is 0 Å². The lowest BCUT2D eigenvalue weighted by Gasteiger charge is -2.38. The van der Waals surface area contributed by atoms with Crippen LogP contribution in [0.25, 0.3) is 0 Å². The number of methoxy groups -OCH3 is 1. The molecule has 18 heavy (non-hydrogen) atoms. The van der Waals surface area contributed by atoms with E-state index in [9.17, 15) is 4.79 Å². The number of piperazine rings is 1. The minimum Gasteiger partial charge on any atom is -0.464 e. The zero-order chi connectivity index (χ0) is 13.1. The maximum absolute atomic E-state index is 11.3. The molecule has 0 N–H and O–H groups in total. The Labute approximate surface area is 107 Å². The first kappa shape index (κ1) is 12.8. The van der Waals surface area contributed by atoms with Gasteiger partial charge in [-0.05, 0) is 14.0 Å². The largest absolute Gasteiger partial charge is 0.464 e. The van der Waals surface area contributed by atoms with Crippen molar-refractivity contribution in [3.05, 3.63) is 18.1 Å². The van der Waals surface area contributed by atoms with Gasteiger partial charge in [0.15, 0.2) is 5.69 Å². The lowest BCUT2D eigenvalue weighted by molar-refractivity contribution is 0.0593. The highest BCUT2D eigenvalue weighted by Gasteiger charge is 2.22. The highest BCUT2D eigenvalue weighted by atomic mass is 16.5. The van der Waals surface area contributed by atoms with Gasteiger partial charge < -0.3 is 14.5 Å². The van der Waals surface area contributed by atoms with Gasteiger partial charge in [0.05, 0.1) is 19.5 Å². The summed E-state index contributed by atoms with van der Waals surface area (Å²) in [6, 6.07) is 0.487. The number of anilines is 1. The lowest BCUT2D eigenvalue weighted by atomic mass is 10.2. The van der Waals surface area contributed by atoms with Gasteiger partial charge in [-0.3, -0.25) is 0 Å². The molecule has 1 saturated heterocycles. The van der Waals surface area contributed by atoms with Gasteiger partial charge >= 0.3 is 5.97 Å². The predicted octanol–water partition coefficient (Wildman–Crippen LogP) is 0.403. The van der Waals surface area contributed by atoms with Crippen LogP contribution >= 0.6 is 0 Å². The molecule has 0 saturated carbocycles. The topological polar surface area (TPSA) is 58.6 Å². The average Bonchev–Trinajstić information content (AvgIpc) is 2.41. The molecule has 1 unspecified atom stereocenters. The minimum absolute atomic E-state index is 0.239. The SMILES string of the molecule is COC(=O)c1cnc(N2CCN(C)C(C)C2)cn1. The summed E-state index contributed by atoms with van der Waals surface area (Å²) in [5.74, 6) is 0.350. The number of hydrogen-bond donors (Lipinski definition) is 0. The molecule has 1 atom stereocenters. The smallest absolute Gasteiger partial charge is 0.358 e. The number of aromatic nitrogens is 2. The molecule has 1 aromatic heterocycles. The molecule has 0 amide bonds. The summed E-state index contributed by atoms with van der Waals surface area (Å²) in [5, 5.41) is 0. The van der Waals surface area contributed by atoms with Crippen molar-refractivity contribution in [1.29, 1.82) is 0 Å². The van der Waals surface area contributed by atoms with Crippen LogP contribution in [-0.4, -0.2) is 60.7 Å². The van der Waals surface area contributed by atoms with Gasteiger partial charge in [0.25, 0.3) is 0 Å². The van der Waals surface area contributed by atoms with Gasteiger partial charge in [0.1, 0.15) is 5.82 Å². The van der Waals surface area contributed by atoms with Crippen molar-refractivity contribution in [3.63, 3.8) is 0 Å². The standard InChI is InChI=1S/C12H18N4O2/c1-9-8-16(5-4-15(9)2)11-7-13-10(6-14-11)12(17)18-3/h6-7,9H,4-5,8H2,1-3H3. The number of nitrogens with zero attached hydrogens (tertiary/aromatic N) is 4. The highest BCUT2D eigenvalue weighted by Crippen LogP contribution is 2.15. The summed E-state index contributed by atoms with van der Waals surface area (Å²) in [6.07, 6.45) is 3.09. The second-order valence-corrected chi connectivity index (χ2v) is 4.53. The van der Waals surface area contributed by atoms with Gasteiger partial charge in [-0.25, -0.2) is 14.8 Å². The van der Waals surface area contributed by atoms with E-state index in [1.54, 1.807) is 6.20 Å². The van der Waals surface area contributed by atoms with Gasteiger partial charge in [-0.15, -0.1) is 0 Å². The molecule has 6 nitrogen and oxygen atoms in total. The summed E-state index contributed by atoms with van der Waals surface area (Å²) in [6.45, 7) is 5.03. The van der Waals surface area contributed by atoms with Crippen LogP contribution in [0.1, 0.15) is 17.4 Å². The van der Waals surface area contributed by atoms with E-state index in [0.29, 0.717) is 6.04 Å². The van der Waals surface area contributed by atoms with Gasteiger partial charge in [0.2, 0.25) is 0 Å². The molecule has 0 radical (unpaired) electrons. The molecule has 98 valence electrons. The number of ether oxygens (including phenoxy) is 1. The van der Waals surface area contributed by atoms with Crippen LogP contribution in [0, 0.1) is 0 Å². The van der Waals surface area contributed by atoms with Gasteiger partial charge in [-0.2, -0.15) is 0 Å². The lowest BCUT2D eigenvalue weighted by Crippen LogP contribution is -2.50. The van der Waals surface area contributed by atoms with Crippen LogP contribution in [0.2, 0.25) is 0 Å². The summed E-state index contributed by atoms with van der Waals surface area (Å²) in [5.41, 5.74) is 0.239. The Bertz CT molecular complexity index is 421. The Morgan fingerprint density at radius 3 is 2.72 bits per heavy atom. The molecule has 0 bridgehead atoms. The normalized spacial score (nSPS) is 20.8. The molecule has 1 fully saturated rings. The molecule has 1 aliphatic rings. The van der Waals surface area contributed by atoms with Crippen molar-refractivity contribution < 1.29 is 9.53 Å². The first-order chi connectivity index (χ1) is 8.61. The van der Waals surface area contributed by atoms with E-state index >= 15 is 0 Å². The van der Waals surface area contributed by atoms with Crippen molar-refractivity contribution in [2.75, 3.05) is 38.7 Å². The number of carbonyl (C=O) groups is 1. The van der Waals surface area contributed by atoms with E-state index in [4.69, 9.17) is 0 Å². The molecular formula is C12H18N4O2. The number of carbonyl (C=O) groups excluding carboxylic acids is 1. The highest BCUT2D eigenvalue weighted by molar-refractivity contribution is 5.86. The number of likely N-dealkylation sites (N-methyl/N-ethyl adjacent to an activating group) is 1.